The molecule has 0 N–H and O–H groups in total. The van der Waals surface area contributed by atoms with Crippen LogP contribution in [0.1, 0.15) is 53.6 Å². The van der Waals surface area contributed by atoms with Crippen molar-refractivity contribution in [1.29, 1.82) is 0 Å². The van der Waals surface area contributed by atoms with Crippen molar-refractivity contribution in [1.82, 2.24) is 30.0 Å². The Morgan fingerprint density at radius 1 is 1.03 bits per heavy atom. The molecule has 158 valence electrons. The van der Waals surface area contributed by atoms with Crippen LogP contribution in [0.3, 0.4) is 0 Å². The number of benzene rings is 1. The molecule has 1 atom stereocenters. The third-order valence-electron chi connectivity index (χ3n) is 6.64. The highest BCUT2D eigenvalue weighted by atomic mass is 32.1. The monoisotopic (exact) mass is 422 g/mol. The summed E-state index contributed by atoms with van der Waals surface area (Å²) in [6.07, 6.45) is 5.55. The van der Waals surface area contributed by atoms with Gasteiger partial charge in [-0.25, -0.2) is 4.68 Å². The van der Waals surface area contributed by atoms with E-state index in [0.29, 0.717) is 0 Å². The summed E-state index contributed by atoms with van der Waals surface area (Å²) in [7, 11) is 0. The largest absolute Gasteiger partial charge is 0.298 e. The van der Waals surface area contributed by atoms with Crippen molar-refractivity contribution < 1.29 is 0 Å². The summed E-state index contributed by atoms with van der Waals surface area (Å²) in [6, 6.07) is 14.0. The van der Waals surface area contributed by atoms with Gasteiger partial charge in [0.25, 0.3) is 0 Å². The summed E-state index contributed by atoms with van der Waals surface area (Å²) in [4.78, 5) is 6.56. The molecule has 6 nitrogen and oxygen atoms in total. The Bertz CT molecular complexity index is 921. The molecule has 2 fully saturated rings. The van der Waals surface area contributed by atoms with E-state index in [0.717, 1.165) is 44.6 Å². The zero-order valence-electron chi connectivity index (χ0n) is 17.7. The van der Waals surface area contributed by atoms with Crippen molar-refractivity contribution in [3.8, 4) is 0 Å². The molecule has 1 unspecified atom stereocenters. The molecule has 2 aliphatic rings. The summed E-state index contributed by atoms with van der Waals surface area (Å²) in [5, 5.41) is 15.1. The lowest BCUT2D eigenvalue weighted by molar-refractivity contribution is 0.0771. The smallest absolute Gasteiger partial charge is 0.173 e. The van der Waals surface area contributed by atoms with Gasteiger partial charge in [0, 0.05) is 37.1 Å². The van der Waals surface area contributed by atoms with E-state index < -0.39 is 0 Å². The van der Waals surface area contributed by atoms with Gasteiger partial charge in [0.2, 0.25) is 0 Å². The highest BCUT2D eigenvalue weighted by Crippen LogP contribution is 2.31. The van der Waals surface area contributed by atoms with E-state index in [1.54, 1.807) is 11.3 Å². The maximum Gasteiger partial charge on any atom is 0.173 e. The molecule has 5 rings (SSSR count). The molecule has 30 heavy (non-hydrogen) atoms. The molecular formula is C23H30N6S. The number of rotatable bonds is 6. The lowest BCUT2D eigenvalue weighted by atomic mass is 10.0. The summed E-state index contributed by atoms with van der Waals surface area (Å²) in [6.45, 7) is 7.26. The topological polar surface area (TPSA) is 50.1 Å². The molecule has 3 aromatic rings. The van der Waals surface area contributed by atoms with Crippen molar-refractivity contribution in [2.75, 3.05) is 26.2 Å². The molecule has 1 aliphatic carbocycles. The van der Waals surface area contributed by atoms with E-state index in [4.69, 9.17) is 0 Å². The van der Waals surface area contributed by atoms with Gasteiger partial charge in [-0.1, -0.05) is 48.7 Å². The summed E-state index contributed by atoms with van der Waals surface area (Å²) >= 11 is 1.75. The quantitative estimate of drug-likeness (QED) is 0.606. The number of aromatic nitrogens is 4. The molecule has 1 aromatic carbocycles. The second-order valence-corrected chi connectivity index (χ2v) is 9.63. The molecular weight excluding hydrogens is 392 g/mol. The van der Waals surface area contributed by atoms with Gasteiger partial charge in [-0.15, -0.1) is 16.4 Å². The molecule has 3 heterocycles. The average molecular weight is 423 g/mol. The van der Waals surface area contributed by atoms with Crippen LogP contribution in [0.15, 0.2) is 41.8 Å². The van der Waals surface area contributed by atoms with Crippen molar-refractivity contribution in [2.45, 2.75) is 51.2 Å². The Kier molecular flexibility index (Phi) is 5.93. The molecule has 1 saturated heterocycles. The van der Waals surface area contributed by atoms with Gasteiger partial charge in [0.1, 0.15) is 0 Å². The number of thiophene rings is 1. The first-order valence-corrected chi connectivity index (χ1v) is 12.0. The first-order valence-electron chi connectivity index (χ1n) is 11.1. The summed E-state index contributed by atoms with van der Waals surface area (Å²) < 4.78 is 1.99. The van der Waals surface area contributed by atoms with E-state index in [1.807, 2.05) is 4.68 Å². The molecule has 0 amide bonds. The fraction of sp³-hybridized carbons (Fsp3) is 0.522. The minimum Gasteiger partial charge on any atom is -0.298 e. The van der Waals surface area contributed by atoms with E-state index in [9.17, 15) is 0 Å². The van der Waals surface area contributed by atoms with Crippen LogP contribution < -0.4 is 0 Å². The first kappa shape index (κ1) is 19.8. The Labute approximate surface area is 182 Å². The maximum atomic E-state index is 4.52. The molecule has 0 spiro atoms. The maximum absolute atomic E-state index is 4.52. The van der Waals surface area contributed by atoms with Crippen LogP contribution in [0.4, 0.5) is 0 Å². The van der Waals surface area contributed by atoms with Crippen molar-refractivity contribution in [3.63, 3.8) is 0 Å². The van der Waals surface area contributed by atoms with Crippen LogP contribution in [0.25, 0.3) is 0 Å². The number of nitrogens with zero attached hydrogens (tertiary/aromatic N) is 6. The molecule has 0 bridgehead atoms. The van der Waals surface area contributed by atoms with Crippen LogP contribution in [-0.4, -0.2) is 62.2 Å². The van der Waals surface area contributed by atoms with Crippen LogP contribution in [0.2, 0.25) is 0 Å². The molecule has 1 saturated carbocycles. The molecule has 1 aliphatic heterocycles. The standard InChI is InChI=1S/C23H30N6S/c1-18-8-10-19(11-9-18)22(23-24-25-26-29(23)17-21-7-4-16-30-21)28-14-12-27(13-15-28)20-5-2-3-6-20/h4,7-11,16,20,22H,2-3,5-6,12-15,17H2,1H3. The zero-order chi connectivity index (χ0) is 20.3. The van der Waals surface area contributed by atoms with Crippen LogP contribution in [0.5, 0.6) is 0 Å². The van der Waals surface area contributed by atoms with Gasteiger partial charge in [-0.3, -0.25) is 9.80 Å². The summed E-state index contributed by atoms with van der Waals surface area (Å²) in [5.74, 6) is 0.946. The fourth-order valence-corrected chi connectivity index (χ4v) is 5.66. The zero-order valence-corrected chi connectivity index (χ0v) is 18.5. The Hall–Kier alpha value is -2.09. The van der Waals surface area contributed by atoms with Gasteiger partial charge in [0.05, 0.1) is 12.6 Å². The van der Waals surface area contributed by atoms with E-state index >= 15 is 0 Å². The molecule has 7 heteroatoms. The third kappa shape index (κ3) is 4.19. The van der Waals surface area contributed by atoms with Gasteiger partial charge in [0.15, 0.2) is 5.82 Å². The highest BCUT2D eigenvalue weighted by Gasteiger charge is 2.33. The third-order valence-corrected chi connectivity index (χ3v) is 7.50. The van der Waals surface area contributed by atoms with Crippen LogP contribution in [0, 0.1) is 6.92 Å². The second-order valence-electron chi connectivity index (χ2n) is 8.60. The highest BCUT2D eigenvalue weighted by molar-refractivity contribution is 7.09. The van der Waals surface area contributed by atoms with Crippen molar-refractivity contribution in [2.24, 2.45) is 0 Å². The number of hydrogen-bond acceptors (Lipinski definition) is 6. The Morgan fingerprint density at radius 2 is 1.80 bits per heavy atom. The van der Waals surface area contributed by atoms with E-state index in [1.165, 1.54) is 41.7 Å². The Balaban J connectivity index is 1.41. The first-order chi connectivity index (χ1) is 14.8. The van der Waals surface area contributed by atoms with Crippen molar-refractivity contribution >= 4 is 11.3 Å². The normalized spacial score (nSPS) is 20.0. The van der Waals surface area contributed by atoms with Crippen LogP contribution >= 0.6 is 11.3 Å². The minimum absolute atomic E-state index is 0.0892. The predicted molar refractivity (Wildman–Crippen MR) is 120 cm³/mol. The van der Waals surface area contributed by atoms with Gasteiger partial charge in [-0.2, -0.15) is 0 Å². The fourth-order valence-electron chi connectivity index (χ4n) is 4.97. The van der Waals surface area contributed by atoms with Crippen molar-refractivity contribution in [3.05, 3.63) is 63.6 Å². The van der Waals surface area contributed by atoms with E-state index in [-0.39, 0.29) is 6.04 Å². The number of hydrogen-bond donors (Lipinski definition) is 0. The van der Waals surface area contributed by atoms with Gasteiger partial charge < -0.3 is 0 Å². The van der Waals surface area contributed by atoms with Gasteiger partial charge >= 0.3 is 0 Å². The van der Waals surface area contributed by atoms with E-state index in [2.05, 4.69) is 74.0 Å². The number of piperazine rings is 1. The summed E-state index contributed by atoms with van der Waals surface area (Å²) in [5.41, 5.74) is 2.55. The molecule has 2 aromatic heterocycles. The average Bonchev–Trinajstić information content (AvgIpc) is 3.54. The second kappa shape index (κ2) is 8.96. The predicted octanol–water partition coefficient (Wildman–Crippen LogP) is 3.74. The minimum atomic E-state index is 0.0892. The van der Waals surface area contributed by atoms with Gasteiger partial charge in [-0.05, 0) is 47.2 Å². The van der Waals surface area contributed by atoms with Crippen LogP contribution in [-0.2, 0) is 6.54 Å². The Morgan fingerprint density at radius 3 is 2.50 bits per heavy atom. The SMILES string of the molecule is Cc1ccc(C(c2nnnn2Cc2cccs2)N2CCN(C3CCCC3)CC2)cc1. The lowest BCUT2D eigenvalue weighted by Crippen LogP contribution is -2.51. The number of aryl methyl sites for hydroxylation is 1. The lowest BCUT2D eigenvalue weighted by Gasteiger charge is -2.41. The molecule has 0 radical (unpaired) electrons. The number of tetrazole rings is 1.